The largest absolute Gasteiger partial charge is 0.368 e. The molecule has 0 saturated carbocycles. The van der Waals surface area contributed by atoms with Gasteiger partial charge in [-0.25, -0.2) is 4.98 Å². The van der Waals surface area contributed by atoms with Crippen LogP contribution in [0.3, 0.4) is 0 Å². The van der Waals surface area contributed by atoms with Crippen molar-refractivity contribution in [3.63, 3.8) is 0 Å². The maximum absolute atomic E-state index is 14.3. The summed E-state index contributed by atoms with van der Waals surface area (Å²) in [6, 6.07) is 17.9. The number of halogens is 2. The van der Waals surface area contributed by atoms with Gasteiger partial charge in [0.15, 0.2) is 6.23 Å². The first-order valence-electron chi connectivity index (χ1n) is 8.11. The Hall–Kier alpha value is -2.76. The lowest BCUT2D eigenvalue weighted by Crippen LogP contribution is -2.31. The highest BCUT2D eigenvalue weighted by Gasteiger charge is 2.29. The Bertz CT molecular complexity index is 975. The van der Waals surface area contributed by atoms with Crippen LogP contribution in [0.1, 0.15) is 28.5 Å². The fourth-order valence-corrected chi connectivity index (χ4v) is 3.12. The van der Waals surface area contributed by atoms with Gasteiger partial charge in [-0.15, -0.1) is 0 Å². The van der Waals surface area contributed by atoms with Crippen molar-refractivity contribution in [2.75, 3.05) is 0 Å². The second-order valence-corrected chi connectivity index (χ2v) is 6.41. The molecule has 0 radical (unpaired) electrons. The molecule has 1 atom stereocenters. The minimum Gasteiger partial charge on any atom is -0.368 e. The average molecular weight is 368 g/mol. The first-order valence-corrected chi connectivity index (χ1v) is 8.49. The summed E-state index contributed by atoms with van der Waals surface area (Å²) in [5.74, 6) is -0.594. The Balaban J connectivity index is 1.79. The van der Waals surface area contributed by atoms with Crippen LogP contribution in [0.25, 0.3) is 0 Å². The Kier molecular flexibility index (Phi) is 4.41. The van der Waals surface area contributed by atoms with Gasteiger partial charge in [0.1, 0.15) is 5.71 Å². The highest BCUT2D eigenvalue weighted by Crippen LogP contribution is 2.31. The van der Waals surface area contributed by atoms with E-state index < -0.39 is 12.2 Å². The van der Waals surface area contributed by atoms with Gasteiger partial charge in [-0.05, 0) is 29.8 Å². The number of nitrogens with zero attached hydrogens (tertiary/aromatic N) is 3. The number of aliphatic hydroxyl groups excluding tert-OH is 1. The fraction of sp³-hybridized carbons (Fsp3) is 0.100. The van der Waals surface area contributed by atoms with Gasteiger partial charge < -0.3 is 5.11 Å². The third-order valence-electron chi connectivity index (χ3n) is 4.28. The van der Waals surface area contributed by atoms with Gasteiger partial charge >= 0.3 is 0 Å². The standard InChI is InChI=1S/C20H15ClFN3O/c21-14-9-7-13(8-10-14)12-25-20(26)16-5-2-1-4-15(16)18(24-25)17-6-3-11-23-19(17)22/h1-11,20,26H,12H2. The summed E-state index contributed by atoms with van der Waals surface area (Å²) in [5.41, 5.74) is 3.05. The highest BCUT2D eigenvalue weighted by molar-refractivity contribution is 6.30. The molecule has 0 amide bonds. The smallest absolute Gasteiger partial charge is 0.222 e. The number of hydrazone groups is 1. The molecule has 2 heterocycles. The Morgan fingerprint density at radius 1 is 1.00 bits per heavy atom. The van der Waals surface area contributed by atoms with E-state index in [0.717, 1.165) is 5.56 Å². The van der Waals surface area contributed by atoms with Crippen LogP contribution in [0.5, 0.6) is 0 Å². The maximum atomic E-state index is 14.3. The second-order valence-electron chi connectivity index (χ2n) is 5.98. The fourth-order valence-electron chi connectivity index (χ4n) is 3.00. The van der Waals surface area contributed by atoms with Gasteiger partial charge in [0.2, 0.25) is 5.95 Å². The van der Waals surface area contributed by atoms with Crippen LogP contribution in [-0.2, 0) is 6.54 Å². The lowest BCUT2D eigenvalue weighted by atomic mass is 9.95. The van der Waals surface area contributed by atoms with Crippen molar-refractivity contribution in [1.82, 2.24) is 9.99 Å². The summed E-state index contributed by atoms with van der Waals surface area (Å²) in [6.07, 6.45) is 0.472. The molecule has 3 aromatic rings. The number of pyridine rings is 1. The first kappa shape index (κ1) is 16.7. The van der Waals surface area contributed by atoms with Crippen molar-refractivity contribution < 1.29 is 9.50 Å². The van der Waals surface area contributed by atoms with Crippen LogP contribution in [0.15, 0.2) is 72.0 Å². The molecular weight excluding hydrogens is 353 g/mol. The number of aromatic nitrogens is 1. The molecule has 1 aliphatic heterocycles. The average Bonchev–Trinajstić information content (AvgIpc) is 2.66. The minimum atomic E-state index is -0.926. The SMILES string of the molecule is OC1c2ccccc2C(c2cccnc2F)=NN1Cc1ccc(Cl)cc1. The van der Waals surface area contributed by atoms with Gasteiger partial charge in [-0.2, -0.15) is 9.49 Å². The zero-order valence-corrected chi connectivity index (χ0v) is 14.4. The molecule has 2 aromatic carbocycles. The van der Waals surface area contributed by atoms with Crippen LogP contribution in [0.4, 0.5) is 4.39 Å². The van der Waals surface area contributed by atoms with Crippen molar-refractivity contribution in [2.45, 2.75) is 12.8 Å². The molecule has 0 aliphatic carbocycles. The van der Waals surface area contributed by atoms with E-state index in [2.05, 4.69) is 10.1 Å². The molecule has 1 unspecified atom stereocenters. The Labute approximate surface area is 155 Å². The molecule has 0 saturated heterocycles. The van der Waals surface area contributed by atoms with Gasteiger partial charge in [-0.3, -0.25) is 5.01 Å². The third-order valence-corrected chi connectivity index (χ3v) is 4.53. The maximum Gasteiger partial charge on any atom is 0.222 e. The molecule has 1 N–H and O–H groups in total. The zero-order chi connectivity index (χ0) is 18.1. The van der Waals surface area contributed by atoms with Gasteiger partial charge in [0, 0.05) is 22.3 Å². The molecule has 0 bridgehead atoms. The van der Waals surface area contributed by atoms with Crippen LogP contribution >= 0.6 is 11.6 Å². The lowest BCUT2D eigenvalue weighted by Gasteiger charge is -2.32. The second kappa shape index (κ2) is 6.86. The van der Waals surface area contributed by atoms with Crippen molar-refractivity contribution >= 4 is 17.3 Å². The van der Waals surface area contributed by atoms with E-state index in [1.807, 2.05) is 36.4 Å². The summed E-state index contributed by atoms with van der Waals surface area (Å²) in [5, 5.41) is 17.5. The van der Waals surface area contributed by atoms with Crippen LogP contribution < -0.4 is 0 Å². The molecule has 26 heavy (non-hydrogen) atoms. The van der Waals surface area contributed by atoms with Crippen molar-refractivity contribution in [3.8, 4) is 0 Å². The summed E-state index contributed by atoms with van der Waals surface area (Å²) in [6.45, 7) is 0.359. The monoisotopic (exact) mass is 367 g/mol. The minimum absolute atomic E-state index is 0.299. The number of benzene rings is 2. The van der Waals surface area contributed by atoms with Crippen LogP contribution in [0, 0.1) is 5.95 Å². The third kappa shape index (κ3) is 3.07. The number of aliphatic hydroxyl groups is 1. The summed E-state index contributed by atoms with van der Waals surface area (Å²) < 4.78 is 14.3. The van der Waals surface area contributed by atoms with E-state index in [0.29, 0.717) is 34.0 Å². The van der Waals surface area contributed by atoms with E-state index in [-0.39, 0.29) is 0 Å². The van der Waals surface area contributed by atoms with Gasteiger partial charge in [0.05, 0.1) is 12.1 Å². The van der Waals surface area contributed by atoms with Crippen molar-refractivity contribution in [2.24, 2.45) is 5.10 Å². The first-order chi connectivity index (χ1) is 12.6. The lowest BCUT2D eigenvalue weighted by molar-refractivity contribution is -0.00565. The van der Waals surface area contributed by atoms with Crippen LogP contribution in [0.2, 0.25) is 5.02 Å². The molecule has 0 spiro atoms. The van der Waals surface area contributed by atoms with Crippen LogP contribution in [-0.4, -0.2) is 20.8 Å². The Morgan fingerprint density at radius 3 is 2.50 bits per heavy atom. The summed E-state index contributed by atoms with van der Waals surface area (Å²) in [4.78, 5) is 3.72. The Morgan fingerprint density at radius 2 is 1.73 bits per heavy atom. The van der Waals surface area contributed by atoms with E-state index >= 15 is 0 Å². The number of fused-ring (bicyclic) bond motifs is 1. The summed E-state index contributed by atoms with van der Waals surface area (Å²) >= 11 is 5.93. The summed E-state index contributed by atoms with van der Waals surface area (Å²) in [7, 11) is 0. The van der Waals surface area contributed by atoms with E-state index in [1.54, 1.807) is 24.3 Å². The predicted octanol–water partition coefficient (Wildman–Crippen LogP) is 4.13. The topological polar surface area (TPSA) is 48.7 Å². The van der Waals surface area contributed by atoms with E-state index in [9.17, 15) is 9.50 Å². The normalized spacial score (nSPS) is 16.2. The quantitative estimate of drug-likeness (QED) is 0.708. The number of rotatable bonds is 3. The van der Waals surface area contributed by atoms with Gasteiger partial charge in [0.25, 0.3) is 0 Å². The molecular formula is C20H15ClFN3O. The number of hydrogen-bond donors (Lipinski definition) is 1. The van der Waals surface area contributed by atoms with E-state index in [4.69, 9.17) is 11.6 Å². The predicted molar refractivity (Wildman–Crippen MR) is 98.2 cm³/mol. The number of hydrogen-bond acceptors (Lipinski definition) is 4. The van der Waals surface area contributed by atoms with Crippen molar-refractivity contribution in [3.05, 3.63) is 100 Å². The highest BCUT2D eigenvalue weighted by atomic mass is 35.5. The molecule has 1 aliphatic rings. The molecule has 4 rings (SSSR count). The van der Waals surface area contributed by atoms with E-state index in [1.165, 1.54) is 11.2 Å². The molecule has 4 nitrogen and oxygen atoms in total. The van der Waals surface area contributed by atoms with Crippen molar-refractivity contribution in [1.29, 1.82) is 0 Å². The molecule has 6 heteroatoms. The van der Waals surface area contributed by atoms with Gasteiger partial charge in [-0.1, -0.05) is 48.0 Å². The molecule has 0 fully saturated rings. The molecule has 130 valence electrons. The molecule has 1 aromatic heterocycles. The zero-order valence-electron chi connectivity index (χ0n) is 13.7.